The molecule has 0 spiro atoms. The van der Waals surface area contributed by atoms with Gasteiger partial charge < -0.3 is 4.74 Å². The highest BCUT2D eigenvalue weighted by molar-refractivity contribution is 5.61. The van der Waals surface area contributed by atoms with Gasteiger partial charge in [0.05, 0.1) is 12.2 Å². The summed E-state index contributed by atoms with van der Waals surface area (Å²) in [5, 5.41) is 0. The number of unbranched alkanes of at least 4 members (excludes halogenated alkanes) is 1. The van der Waals surface area contributed by atoms with Crippen molar-refractivity contribution in [2.24, 2.45) is 17.8 Å². The van der Waals surface area contributed by atoms with E-state index in [2.05, 4.69) is 38.9 Å². The second kappa shape index (κ2) is 6.07. The van der Waals surface area contributed by atoms with Crippen molar-refractivity contribution >= 4 is 5.94 Å². The Labute approximate surface area is 116 Å². The van der Waals surface area contributed by atoms with Crippen LogP contribution in [0.5, 0.6) is 0 Å². The Morgan fingerprint density at radius 3 is 2.89 bits per heavy atom. The van der Waals surface area contributed by atoms with Gasteiger partial charge in [0.1, 0.15) is 11.5 Å². The van der Waals surface area contributed by atoms with Gasteiger partial charge in [-0.15, -0.1) is 0 Å². The summed E-state index contributed by atoms with van der Waals surface area (Å²) in [5.74, 6) is 3.43. The zero-order valence-electron chi connectivity index (χ0n) is 12.4. The topological polar surface area (TPSA) is 26.3 Å². The van der Waals surface area contributed by atoms with Gasteiger partial charge in [-0.3, -0.25) is 0 Å². The molecular weight excluding hydrogens is 236 g/mol. The number of rotatable bonds is 7. The van der Waals surface area contributed by atoms with E-state index < -0.39 is 0 Å². The quantitative estimate of drug-likeness (QED) is 0.513. The van der Waals surface area contributed by atoms with E-state index in [1.165, 1.54) is 19.3 Å². The Morgan fingerprint density at radius 2 is 2.26 bits per heavy atom. The summed E-state index contributed by atoms with van der Waals surface area (Å²) in [6.07, 6.45) is 10.3. The van der Waals surface area contributed by atoms with E-state index in [9.17, 15) is 4.79 Å². The molecule has 1 fully saturated rings. The Morgan fingerprint density at radius 1 is 1.47 bits per heavy atom. The molecule has 0 aromatic carbocycles. The number of hydrogen-bond donors (Lipinski definition) is 0. The molecule has 0 aromatic rings. The van der Waals surface area contributed by atoms with Crippen molar-refractivity contribution in [2.45, 2.75) is 58.5 Å². The van der Waals surface area contributed by atoms with Crippen molar-refractivity contribution in [3.63, 3.8) is 0 Å². The third-order valence-electron chi connectivity index (χ3n) is 4.97. The first-order valence-electron chi connectivity index (χ1n) is 7.73. The molecule has 2 bridgehead atoms. The van der Waals surface area contributed by atoms with E-state index in [0.717, 1.165) is 25.0 Å². The van der Waals surface area contributed by atoms with Gasteiger partial charge in [0.2, 0.25) is 0 Å². The van der Waals surface area contributed by atoms with Crippen LogP contribution in [0, 0.1) is 17.8 Å². The molecule has 2 aliphatic carbocycles. The van der Waals surface area contributed by atoms with Gasteiger partial charge in [0.15, 0.2) is 0 Å². The van der Waals surface area contributed by atoms with E-state index in [0.29, 0.717) is 11.8 Å². The summed E-state index contributed by atoms with van der Waals surface area (Å²) in [6.45, 7) is 7.30. The van der Waals surface area contributed by atoms with Crippen LogP contribution >= 0.6 is 0 Å². The average Bonchev–Trinajstić information content (AvgIpc) is 2.98. The summed E-state index contributed by atoms with van der Waals surface area (Å²) in [4.78, 5) is 11.2. The molecule has 1 saturated carbocycles. The van der Waals surface area contributed by atoms with Crippen molar-refractivity contribution in [1.29, 1.82) is 0 Å². The largest absolute Gasteiger partial charge is 0.369 e. The van der Waals surface area contributed by atoms with Gasteiger partial charge in [0.25, 0.3) is 0 Å². The minimum Gasteiger partial charge on any atom is -0.369 e. The zero-order valence-corrected chi connectivity index (χ0v) is 12.4. The zero-order chi connectivity index (χ0) is 13.9. The summed E-state index contributed by atoms with van der Waals surface area (Å²) in [5.41, 5.74) is 0.450. The number of carbonyl (C=O) groups excluding carboxylic acids is 1. The van der Waals surface area contributed by atoms with E-state index in [4.69, 9.17) is 4.74 Å². The standard InChI is InChI=1S/C17H26O2/c1-4-6-7-13(5-2)12-19-17(3)15-9-8-14(10-15)16(17)11-18/h8-9,13-15H,4-7,10,12H2,1-3H3. The number of hydrogen-bond acceptors (Lipinski definition) is 2. The molecule has 0 saturated heterocycles. The maximum absolute atomic E-state index is 11.2. The molecule has 2 nitrogen and oxygen atoms in total. The lowest BCUT2D eigenvalue weighted by molar-refractivity contribution is -0.0394. The predicted molar refractivity (Wildman–Crippen MR) is 77.6 cm³/mol. The predicted octanol–water partition coefficient (Wildman–Crippen LogP) is 3.94. The minimum absolute atomic E-state index is 0.281. The highest BCUT2D eigenvalue weighted by Crippen LogP contribution is 2.51. The van der Waals surface area contributed by atoms with Crippen LogP contribution in [0.25, 0.3) is 0 Å². The third-order valence-corrected chi connectivity index (χ3v) is 4.97. The van der Waals surface area contributed by atoms with E-state index >= 15 is 0 Å². The molecule has 106 valence electrons. The normalized spacial score (nSPS) is 33.7. The Bertz CT molecular complexity index is 392. The summed E-state index contributed by atoms with van der Waals surface area (Å²) in [7, 11) is 0. The van der Waals surface area contributed by atoms with Gasteiger partial charge in [0, 0.05) is 11.8 Å². The molecule has 0 aliphatic heterocycles. The van der Waals surface area contributed by atoms with Crippen LogP contribution < -0.4 is 0 Å². The fourth-order valence-corrected chi connectivity index (χ4v) is 3.44. The second-order valence-electron chi connectivity index (χ2n) is 6.18. The average molecular weight is 262 g/mol. The van der Waals surface area contributed by atoms with Crippen molar-refractivity contribution < 1.29 is 9.53 Å². The van der Waals surface area contributed by atoms with Crippen LogP contribution in [0.4, 0.5) is 0 Å². The second-order valence-corrected chi connectivity index (χ2v) is 6.18. The number of fused-ring (bicyclic) bond motifs is 2. The third kappa shape index (κ3) is 2.70. The van der Waals surface area contributed by atoms with Gasteiger partial charge in [-0.05, 0) is 25.7 Å². The Kier molecular flexibility index (Phi) is 4.65. The Balaban J connectivity index is 1.98. The Hall–Kier alpha value is -0.850. The first-order valence-corrected chi connectivity index (χ1v) is 7.73. The molecule has 0 heterocycles. The van der Waals surface area contributed by atoms with Gasteiger partial charge in [-0.2, -0.15) is 0 Å². The van der Waals surface area contributed by atoms with Crippen LogP contribution in [0.3, 0.4) is 0 Å². The van der Waals surface area contributed by atoms with Crippen LogP contribution in [0.2, 0.25) is 0 Å². The molecule has 0 N–H and O–H groups in total. The molecule has 0 aromatic heterocycles. The molecule has 2 heteroatoms. The molecule has 2 rings (SSSR count). The fourth-order valence-electron chi connectivity index (χ4n) is 3.44. The van der Waals surface area contributed by atoms with Gasteiger partial charge in [-0.1, -0.05) is 45.3 Å². The molecule has 19 heavy (non-hydrogen) atoms. The fraction of sp³-hybridized carbons (Fsp3) is 0.765. The number of ether oxygens (including phenoxy) is 1. The SMILES string of the molecule is CCCCC(CC)COC1(C)C(=C=O)C2C=CC1C2. The highest BCUT2D eigenvalue weighted by Gasteiger charge is 2.51. The molecule has 0 amide bonds. The first kappa shape index (κ1) is 14.6. The van der Waals surface area contributed by atoms with Crippen molar-refractivity contribution in [3.05, 3.63) is 17.7 Å². The number of allylic oxidation sites excluding steroid dienone is 1. The smallest absolute Gasteiger partial charge is 0.127 e. The molecule has 4 unspecified atom stereocenters. The first-order chi connectivity index (χ1) is 9.15. The van der Waals surface area contributed by atoms with Crippen LogP contribution in [-0.4, -0.2) is 18.1 Å². The lowest BCUT2D eigenvalue weighted by Crippen LogP contribution is -2.37. The monoisotopic (exact) mass is 262 g/mol. The van der Waals surface area contributed by atoms with E-state index in [1.54, 1.807) is 0 Å². The maximum Gasteiger partial charge on any atom is 0.127 e. The van der Waals surface area contributed by atoms with Gasteiger partial charge >= 0.3 is 0 Å². The summed E-state index contributed by atoms with van der Waals surface area (Å²) >= 11 is 0. The molecule has 4 atom stereocenters. The maximum atomic E-state index is 11.2. The molecule has 0 radical (unpaired) electrons. The highest BCUT2D eigenvalue weighted by atomic mass is 16.5. The minimum atomic E-state index is -0.388. The van der Waals surface area contributed by atoms with Crippen molar-refractivity contribution in [2.75, 3.05) is 6.61 Å². The van der Waals surface area contributed by atoms with Crippen molar-refractivity contribution in [3.8, 4) is 0 Å². The van der Waals surface area contributed by atoms with E-state index in [-0.39, 0.29) is 11.5 Å². The van der Waals surface area contributed by atoms with Crippen molar-refractivity contribution in [1.82, 2.24) is 0 Å². The molecular formula is C17H26O2. The van der Waals surface area contributed by atoms with Crippen LogP contribution in [-0.2, 0) is 9.53 Å². The lowest BCUT2D eigenvalue weighted by atomic mass is 9.86. The van der Waals surface area contributed by atoms with Crippen LogP contribution in [0.15, 0.2) is 17.7 Å². The summed E-state index contributed by atoms with van der Waals surface area (Å²) < 4.78 is 6.23. The lowest BCUT2D eigenvalue weighted by Gasteiger charge is -2.33. The van der Waals surface area contributed by atoms with Gasteiger partial charge in [-0.25, -0.2) is 4.79 Å². The van der Waals surface area contributed by atoms with E-state index in [1.807, 2.05) is 0 Å². The summed E-state index contributed by atoms with van der Waals surface area (Å²) in [6, 6.07) is 0. The molecule has 2 aliphatic rings. The van der Waals surface area contributed by atoms with Crippen LogP contribution in [0.1, 0.15) is 52.9 Å².